The number of carbonyl (C=O) groups is 3. The number of fused-ring (bicyclic) bond motifs is 3. The Bertz CT molecular complexity index is 976. The lowest BCUT2D eigenvalue weighted by atomic mass is 9.98. The fraction of sp³-hybridized carbons (Fsp3) is 0.464. The molecular formula is C28H36N2O5. The molecule has 35 heavy (non-hydrogen) atoms. The van der Waals surface area contributed by atoms with Crippen molar-refractivity contribution in [2.45, 2.75) is 64.3 Å². The van der Waals surface area contributed by atoms with Crippen LogP contribution in [0.25, 0.3) is 11.1 Å². The van der Waals surface area contributed by atoms with Crippen LogP contribution in [0, 0.1) is 0 Å². The third kappa shape index (κ3) is 7.31. The Morgan fingerprint density at radius 1 is 0.971 bits per heavy atom. The van der Waals surface area contributed by atoms with Crippen LogP contribution >= 0.6 is 0 Å². The fourth-order valence-electron chi connectivity index (χ4n) is 4.67. The number of alkyl carbamates (subject to hydrolysis) is 1. The standard InChI is InChI=1S/C28H36N2O5/c1-3-30(18-9-8-17-27(32)33)26(31)16-10-11-20(2)29-28(34)35-19-25-23-14-6-4-12-21(23)22-13-5-7-15-24(22)25/h4-7,12-15,20,25H,3,8-11,16-19H2,1-2H3,(H,29,34)(H,32,33). The molecule has 0 aromatic heterocycles. The Hall–Kier alpha value is -3.35. The van der Waals surface area contributed by atoms with Crippen LogP contribution in [-0.4, -0.2) is 53.7 Å². The number of ether oxygens (including phenoxy) is 1. The van der Waals surface area contributed by atoms with Gasteiger partial charge in [0.25, 0.3) is 0 Å². The number of carbonyl (C=O) groups excluding carboxylic acids is 2. The minimum Gasteiger partial charge on any atom is -0.481 e. The molecule has 1 atom stereocenters. The lowest BCUT2D eigenvalue weighted by molar-refractivity contribution is -0.137. The van der Waals surface area contributed by atoms with Gasteiger partial charge >= 0.3 is 12.1 Å². The van der Waals surface area contributed by atoms with Crippen molar-refractivity contribution in [3.8, 4) is 11.1 Å². The van der Waals surface area contributed by atoms with Crippen LogP contribution in [-0.2, 0) is 14.3 Å². The maximum atomic E-state index is 12.5. The smallest absolute Gasteiger partial charge is 0.407 e. The number of hydrogen-bond donors (Lipinski definition) is 2. The van der Waals surface area contributed by atoms with Crippen LogP contribution < -0.4 is 5.32 Å². The minimum atomic E-state index is -0.808. The quantitative estimate of drug-likeness (QED) is 0.385. The van der Waals surface area contributed by atoms with Crippen LogP contribution in [0.3, 0.4) is 0 Å². The number of nitrogens with zero attached hydrogens (tertiary/aromatic N) is 1. The minimum absolute atomic E-state index is 0.0246. The molecule has 0 heterocycles. The molecule has 3 rings (SSSR count). The molecule has 0 saturated heterocycles. The molecule has 0 aliphatic heterocycles. The van der Waals surface area contributed by atoms with Gasteiger partial charge in [-0.2, -0.15) is 0 Å². The summed E-state index contributed by atoms with van der Waals surface area (Å²) in [5.74, 6) is -0.718. The van der Waals surface area contributed by atoms with Crippen LogP contribution in [0.2, 0.25) is 0 Å². The maximum absolute atomic E-state index is 12.5. The van der Waals surface area contributed by atoms with Crippen molar-refractivity contribution >= 4 is 18.0 Å². The first-order valence-corrected chi connectivity index (χ1v) is 12.5. The molecule has 188 valence electrons. The summed E-state index contributed by atoms with van der Waals surface area (Å²) in [6, 6.07) is 16.4. The van der Waals surface area contributed by atoms with Crippen molar-refractivity contribution in [1.29, 1.82) is 0 Å². The summed E-state index contributed by atoms with van der Waals surface area (Å²) in [6.45, 7) is 5.31. The summed E-state index contributed by atoms with van der Waals surface area (Å²) < 4.78 is 5.60. The van der Waals surface area contributed by atoms with Gasteiger partial charge in [-0.25, -0.2) is 4.79 Å². The number of amides is 2. The third-order valence-electron chi connectivity index (χ3n) is 6.54. The Labute approximate surface area is 207 Å². The summed E-state index contributed by atoms with van der Waals surface area (Å²) in [6.07, 6.45) is 2.68. The van der Waals surface area contributed by atoms with E-state index >= 15 is 0 Å². The molecule has 0 fully saturated rings. The van der Waals surface area contributed by atoms with Gasteiger partial charge in [-0.15, -0.1) is 0 Å². The molecule has 2 aromatic rings. The zero-order valence-corrected chi connectivity index (χ0v) is 20.7. The van der Waals surface area contributed by atoms with Crippen LogP contribution in [0.5, 0.6) is 0 Å². The van der Waals surface area contributed by atoms with E-state index in [0.29, 0.717) is 45.2 Å². The van der Waals surface area contributed by atoms with E-state index in [9.17, 15) is 14.4 Å². The van der Waals surface area contributed by atoms with E-state index in [1.165, 1.54) is 22.3 Å². The highest BCUT2D eigenvalue weighted by molar-refractivity contribution is 5.79. The van der Waals surface area contributed by atoms with Gasteiger partial charge in [0.15, 0.2) is 0 Å². The van der Waals surface area contributed by atoms with E-state index in [2.05, 4.69) is 29.6 Å². The van der Waals surface area contributed by atoms with Crippen molar-refractivity contribution in [3.05, 3.63) is 59.7 Å². The topological polar surface area (TPSA) is 95.9 Å². The van der Waals surface area contributed by atoms with E-state index in [4.69, 9.17) is 9.84 Å². The van der Waals surface area contributed by atoms with Gasteiger partial charge in [-0.1, -0.05) is 48.5 Å². The largest absolute Gasteiger partial charge is 0.481 e. The second-order valence-corrected chi connectivity index (χ2v) is 9.09. The molecule has 0 spiro atoms. The average molecular weight is 481 g/mol. The first-order chi connectivity index (χ1) is 16.9. The highest BCUT2D eigenvalue weighted by Crippen LogP contribution is 2.44. The molecule has 1 aliphatic rings. The molecular weight excluding hydrogens is 444 g/mol. The van der Waals surface area contributed by atoms with Gasteiger partial charge in [0.05, 0.1) is 0 Å². The summed E-state index contributed by atoms with van der Waals surface area (Å²) in [5, 5.41) is 11.6. The predicted octanol–water partition coefficient (Wildman–Crippen LogP) is 5.19. The van der Waals surface area contributed by atoms with Gasteiger partial charge in [-0.3, -0.25) is 9.59 Å². The molecule has 7 heteroatoms. The second kappa shape index (κ2) is 12.9. The fourth-order valence-corrected chi connectivity index (χ4v) is 4.67. The van der Waals surface area contributed by atoms with Crippen molar-refractivity contribution in [2.24, 2.45) is 0 Å². The molecule has 7 nitrogen and oxygen atoms in total. The van der Waals surface area contributed by atoms with Crippen molar-refractivity contribution in [3.63, 3.8) is 0 Å². The van der Waals surface area contributed by atoms with Gasteiger partial charge in [0.1, 0.15) is 6.61 Å². The molecule has 1 aliphatic carbocycles. The predicted molar refractivity (Wildman–Crippen MR) is 135 cm³/mol. The molecule has 1 unspecified atom stereocenters. The normalized spacial score (nSPS) is 13.0. The van der Waals surface area contributed by atoms with Gasteiger partial charge in [0.2, 0.25) is 5.91 Å². The number of carboxylic acid groups (broad SMARTS) is 1. The zero-order valence-electron chi connectivity index (χ0n) is 20.7. The Morgan fingerprint density at radius 2 is 1.60 bits per heavy atom. The van der Waals surface area contributed by atoms with E-state index in [-0.39, 0.29) is 30.9 Å². The highest BCUT2D eigenvalue weighted by Gasteiger charge is 2.29. The molecule has 2 amide bonds. The van der Waals surface area contributed by atoms with Crippen molar-refractivity contribution in [1.82, 2.24) is 10.2 Å². The van der Waals surface area contributed by atoms with E-state index in [1.807, 2.05) is 38.1 Å². The average Bonchev–Trinajstić information content (AvgIpc) is 3.16. The van der Waals surface area contributed by atoms with E-state index in [1.54, 1.807) is 4.90 Å². The number of hydrogen-bond acceptors (Lipinski definition) is 4. The van der Waals surface area contributed by atoms with Crippen LogP contribution in [0.1, 0.15) is 69.4 Å². The number of benzene rings is 2. The van der Waals surface area contributed by atoms with Crippen molar-refractivity contribution < 1.29 is 24.2 Å². The number of nitrogens with one attached hydrogen (secondary N) is 1. The Morgan fingerprint density at radius 3 is 2.20 bits per heavy atom. The second-order valence-electron chi connectivity index (χ2n) is 9.09. The maximum Gasteiger partial charge on any atom is 0.407 e. The van der Waals surface area contributed by atoms with Gasteiger partial charge in [0, 0.05) is 37.9 Å². The van der Waals surface area contributed by atoms with Gasteiger partial charge in [-0.05, 0) is 61.8 Å². The number of unbranched alkanes of at least 4 members (excludes halogenated alkanes) is 1. The summed E-state index contributed by atoms with van der Waals surface area (Å²) >= 11 is 0. The third-order valence-corrected chi connectivity index (χ3v) is 6.54. The first-order valence-electron chi connectivity index (χ1n) is 12.5. The lowest BCUT2D eigenvalue weighted by Crippen LogP contribution is -2.35. The van der Waals surface area contributed by atoms with E-state index in [0.717, 1.165) is 0 Å². The monoisotopic (exact) mass is 480 g/mol. The molecule has 0 bridgehead atoms. The SMILES string of the molecule is CCN(CCCCC(=O)O)C(=O)CCCC(C)NC(=O)OCC1c2ccccc2-c2ccccc21. The van der Waals surface area contributed by atoms with Gasteiger partial charge < -0.3 is 20.1 Å². The summed E-state index contributed by atoms with van der Waals surface area (Å²) in [7, 11) is 0. The summed E-state index contributed by atoms with van der Waals surface area (Å²) in [4.78, 5) is 37.3. The number of rotatable bonds is 13. The molecule has 0 saturated carbocycles. The molecule has 2 aromatic carbocycles. The Balaban J connectivity index is 1.39. The van der Waals surface area contributed by atoms with Crippen LogP contribution in [0.4, 0.5) is 4.79 Å². The zero-order chi connectivity index (χ0) is 25.2. The summed E-state index contributed by atoms with van der Waals surface area (Å²) in [5.41, 5.74) is 4.74. The number of carboxylic acids is 1. The Kier molecular flexibility index (Phi) is 9.70. The lowest BCUT2D eigenvalue weighted by Gasteiger charge is -2.21. The van der Waals surface area contributed by atoms with E-state index < -0.39 is 12.1 Å². The molecule has 2 N–H and O–H groups in total. The molecule has 0 radical (unpaired) electrons. The highest BCUT2D eigenvalue weighted by atomic mass is 16.5. The van der Waals surface area contributed by atoms with Crippen molar-refractivity contribution in [2.75, 3.05) is 19.7 Å². The first kappa shape index (κ1) is 26.3. The van der Waals surface area contributed by atoms with Crippen LogP contribution in [0.15, 0.2) is 48.5 Å². The number of aliphatic carboxylic acids is 1.